The summed E-state index contributed by atoms with van der Waals surface area (Å²) in [6.45, 7) is 2.82. The number of benzene rings is 1. The maximum absolute atomic E-state index is 12.4. The van der Waals surface area contributed by atoms with Gasteiger partial charge in [-0.25, -0.2) is 0 Å². The lowest BCUT2D eigenvalue weighted by molar-refractivity contribution is -0.145. The molecule has 114 valence electrons. The summed E-state index contributed by atoms with van der Waals surface area (Å²) >= 11 is 7.30. The van der Waals surface area contributed by atoms with E-state index in [-0.39, 0.29) is 11.2 Å². The lowest BCUT2D eigenvalue weighted by Crippen LogP contribution is -2.45. The summed E-state index contributed by atoms with van der Waals surface area (Å²) in [6, 6.07) is 7.35. The normalized spacial score (nSPS) is 20.1. The number of hydrogen-bond donors (Lipinski definition) is 1. The second-order valence-electron chi connectivity index (χ2n) is 5.18. The van der Waals surface area contributed by atoms with Gasteiger partial charge >= 0.3 is 5.97 Å². The molecule has 2 atom stereocenters. The Morgan fingerprint density at radius 1 is 1.38 bits per heavy atom. The van der Waals surface area contributed by atoms with Crippen molar-refractivity contribution in [3.63, 3.8) is 0 Å². The summed E-state index contributed by atoms with van der Waals surface area (Å²) in [5, 5.41) is 9.51. The zero-order chi connectivity index (χ0) is 15.4. The highest BCUT2D eigenvalue weighted by Gasteiger charge is 2.30. The molecule has 1 aliphatic rings. The number of likely N-dealkylation sites (tertiary alicyclic amines) is 1. The van der Waals surface area contributed by atoms with Gasteiger partial charge in [0.15, 0.2) is 0 Å². The number of nitrogens with zero attached hydrogens (tertiary/aromatic N) is 1. The molecule has 1 fully saturated rings. The average Bonchev–Trinajstić information content (AvgIpc) is 2.49. The number of piperidine rings is 1. The van der Waals surface area contributed by atoms with Crippen molar-refractivity contribution in [3.05, 3.63) is 29.3 Å². The first-order valence-electron chi connectivity index (χ1n) is 6.91. The minimum Gasteiger partial charge on any atom is -0.481 e. The SMILES string of the molecule is CC(Sc1ccc(Cl)cc1)C(=O)N1CCCC(C(=O)O)C1. The number of hydrogen-bond acceptors (Lipinski definition) is 3. The van der Waals surface area contributed by atoms with E-state index in [1.165, 1.54) is 11.8 Å². The number of thioether (sulfide) groups is 1. The van der Waals surface area contributed by atoms with E-state index < -0.39 is 11.9 Å². The van der Waals surface area contributed by atoms with Crippen molar-refractivity contribution in [1.29, 1.82) is 0 Å². The fourth-order valence-corrected chi connectivity index (χ4v) is 3.48. The molecule has 21 heavy (non-hydrogen) atoms. The highest BCUT2D eigenvalue weighted by molar-refractivity contribution is 8.00. The minimum atomic E-state index is -0.814. The molecular formula is C15H18ClNO3S. The Morgan fingerprint density at radius 2 is 2.05 bits per heavy atom. The Balaban J connectivity index is 1.95. The Morgan fingerprint density at radius 3 is 2.67 bits per heavy atom. The summed E-state index contributed by atoms with van der Waals surface area (Å²) in [7, 11) is 0. The van der Waals surface area contributed by atoms with Gasteiger partial charge in [-0.15, -0.1) is 11.8 Å². The topological polar surface area (TPSA) is 57.6 Å². The van der Waals surface area contributed by atoms with Gasteiger partial charge in [0.1, 0.15) is 0 Å². The van der Waals surface area contributed by atoms with Crippen LogP contribution in [0.15, 0.2) is 29.2 Å². The third-order valence-electron chi connectivity index (χ3n) is 3.56. The zero-order valence-corrected chi connectivity index (χ0v) is 13.4. The second kappa shape index (κ2) is 7.18. The van der Waals surface area contributed by atoms with Crippen LogP contribution in [0.1, 0.15) is 19.8 Å². The molecule has 1 N–H and O–H groups in total. The lowest BCUT2D eigenvalue weighted by atomic mass is 9.98. The molecule has 2 rings (SSSR count). The standard InChI is InChI=1S/C15H18ClNO3S/c1-10(21-13-6-4-12(16)5-7-13)14(18)17-8-2-3-11(9-17)15(19)20/h4-7,10-11H,2-3,8-9H2,1H3,(H,19,20). The number of carbonyl (C=O) groups is 2. The molecule has 6 heteroatoms. The van der Waals surface area contributed by atoms with Gasteiger partial charge in [0, 0.05) is 23.0 Å². The van der Waals surface area contributed by atoms with E-state index in [1.807, 2.05) is 19.1 Å². The van der Waals surface area contributed by atoms with Crippen molar-refractivity contribution in [2.45, 2.75) is 29.9 Å². The van der Waals surface area contributed by atoms with Crippen molar-refractivity contribution in [1.82, 2.24) is 4.90 Å². The lowest BCUT2D eigenvalue weighted by Gasteiger charge is -2.32. The quantitative estimate of drug-likeness (QED) is 0.863. The van der Waals surface area contributed by atoms with Crippen molar-refractivity contribution in [2.75, 3.05) is 13.1 Å². The molecule has 0 aliphatic carbocycles. The van der Waals surface area contributed by atoms with Gasteiger partial charge in [-0.05, 0) is 44.0 Å². The van der Waals surface area contributed by atoms with Crippen molar-refractivity contribution in [3.8, 4) is 0 Å². The van der Waals surface area contributed by atoms with Gasteiger partial charge in [0.2, 0.25) is 5.91 Å². The summed E-state index contributed by atoms with van der Waals surface area (Å²) in [4.78, 5) is 26.1. The fraction of sp³-hybridized carbons (Fsp3) is 0.467. The van der Waals surface area contributed by atoms with Crippen LogP contribution >= 0.6 is 23.4 Å². The number of carbonyl (C=O) groups excluding carboxylic acids is 1. The summed E-state index contributed by atoms with van der Waals surface area (Å²) in [5.41, 5.74) is 0. The molecule has 0 spiro atoms. The monoisotopic (exact) mass is 327 g/mol. The van der Waals surface area contributed by atoms with Crippen LogP contribution in [0, 0.1) is 5.92 Å². The van der Waals surface area contributed by atoms with E-state index in [0.29, 0.717) is 24.5 Å². The Kier molecular flexibility index (Phi) is 5.53. The molecule has 1 aromatic carbocycles. The number of amides is 1. The van der Waals surface area contributed by atoms with E-state index >= 15 is 0 Å². The third-order valence-corrected chi connectivity index (χ3v) is 4.91. The highest BCUT2D eigenvalue weighted by Crippen LogP contribution is 2.27. The van der Waals surface area contributed by atoms with E-state index in [2.05, 4.69) is 0 Å². The summed E-state index contributed by atoms with van der Waals surface area (Å²) < 4.78 is 0. The van der Waals surface area contributed by atoms with Gasteiger partial charge in [0.05, 0.1) is 11.2 Å². The van der Waals surface area contributed by atoms with Crippen molar-refractivity contribution in [2.24, 2.45) is 5.92 Å². The first kappa shape index (κ1) is 16.2. The molecule has 0 saturated carbocycles. The number of rotatable bonds is 4. The number of halogens is 1. The molecular weight excluding hydrogens is 310 g/mol. The molecule has 1 amide bonds. The van der Waals surface area contributed by atoms with Crippen LogP contribution in [-0.2, 0) is 9.59 Å². The zero-order valence-electron chi connectivity index (χ0n) is 11.8. The van der Waals surface area contributed by atoms with Gasteiger partial charge in [0.25, 0.3) is 0 Å². The third kappa shape index (κ3) is 4.38. The van der Waals surface area contributed by atoms with Crippen LogP contribution in [0.25, 0.3) is 0 Å². The maximum Gasteiger partial charge on any atom is 0.308 e. The number of aliphatic carboxylic acids is 1. The molecule has 1 aliphatic heterocycles. The Labute approximate surface area is 133 Å². The summed E-state index contributed by atoms with van der Waals surface area (Å²) in [6.07, 6.45) is 1.40. The van der Waals surface area contributed by atoms with Crippen LogP contribution < -0.4 is 0 Å². The first-order valence-corrected chi connectivity index (χ1v) is 8.17. The molecule has 0 radical (unpaired) electrons. The van der Waals surface area contributed by atoms with Gasteiger partial charge < -0.3 is 10.0 Å². The van der Waals surface area contributed by atoms with E-state index in [4.69, 9.17) is 16.7 Å². The van der Waals surface area contributed by atoms with Crippen molar-refractivity contribution < 1.29 is 14.7 Å². The molecule has 2 unspecified atom stereocenters. The van der Waals surface area contributed by atoms with E-state index in [0.717, 1.165) is 11.3 Å². The largest absolute Gasteiger partial charge is 0.481 e. The van der Waals surface area contributed by atoms with Gasteiger partial charge in [-0.2, -0.15) is 0 Å². The molecule has 1 aromatic rings. The average molecular weight is 328 g/mol. The van der Waals surface area contributed by atoms with Crippen LogP contribution in [0.5, 0.6) is 0 Å². The fourth-order valence-electron chi connectivity index (χ4n) is 2.40. The van der Waals surface area contributed by atoms with Gasteiger partial charge in [-0.3, -0.25) is 9.59 Å². The molecule has 0 bridgehead atoms. The Bertz CT molecular complexity index is 520. The van der Waals surface area contributed by atoms with E-state index in [1.54, 1.807) is 17.0 Å². The van der Waals surface area contributed by atoms with Crippen LogP contribution in [0.2, 0.25) is 5.02 Å². The predicted octanol–water partition coefficient (Wildman–Crippen LogP) is 3.14. The molecule has 4 nitrogen and oxygen atoms in total. The minimum absolute atomic E-state index is 0.000833. The maximum atomic E-state index is 12.4. The van der Waals surface area contributed by atoms with Crippen LogP contribution in [0.3, 0.4) is 0 Å². The van der Waals surface area contributed by atoms with Crippen molar-refractivity contribution >= 4 is 35.2 Å². The smallest absolute Gasteiger partial charge is 0.308 e. The number of carboxylic acid groups (broad SMARTS) is 1. The second-order valence-corrected chi connectivity index (χ2v) is 7.03. The first-order chi connectivity index (χ1) is 9.97. The molecule has 1 heterocycles. The Hall–Kier alpha value is -1.20. The predicted molar refractivity (Wildman–Crippen MR) is 83.7 cm³/mol. The van der Waals surface area contributed by atoms with Crippen LogP contribution in [0.4, 0.5) is 0 Å². The van der Waals surface area contributed by atoms with E-state index in [9.17, 15) is 9.59 Å². The molecule has 0 aromatic heterocycles. The number of carboxylic acids is 1. The molecule has 1 saturated heterocycles. The highest BCUT2D eigenvalue weighted by atomic mass is 35.5. The summed E-state index contributed by atoms with van der Waals surface area (Å²) in [5.74, 6) is -1.25. The van der Waals surface area contributed by atoms with Crippen LogP contribution in [-0.4, -0.2) is 40.2 Å². The van der Waals surface area contributed by atoms with Gasteiger partial charge in [-0.1, -0.05) is 11.6 Å².